The van der Waals surface area contributed by atoms with Crippen LogP contribution in [0.25, 0.3) is 0 Å². The molecule has 0 saturated heterocycles. The van der Waals surface area contributed by atoms with Crippen molar-refractivity contribution in [3.8, 4) is 5.75 Å². The van der Waals surface area contributed by atoms with Crippen molar-refractivity contribution in [3.05, 3.63) is 42.1 Å². The molecule has 178 valence electrons. The summed E-state index contributed by atoms with van der Waals surface area (Å²) in [5.41, 5.74) is 1.93. The number of hydrogen-bond acceptors (Lipinski definition) is 7. The van der Waals surface area contributed by atoms with Gasteiger partial charge in [-0.15, -0.1) is 0 Å². The van der Waals surface area contributed by atoms with Crippen molar-refractivity contribution in [1.29, 1.82) is 0 Å². The molecule has 1 unspecified atom stereocenters. The van der Waals surface area contributed by atoms with Crippen molar-refractivity contribution < 1.29 is 26.3 Å². The fourth-order valence-electron chi connectivity index (χ4n) is 4.51. The molecule has 2 aromatic rings. The third-order valence-corrected chi connectivity index (χ3v) is 7.44. The first-order valence-corrected chi connectivity index (χ1v) is 11.9. The zero-order valence-corrected chi connectivity index (χ0v) is 18.9. The number of benzene rings is 1. The van der Waals surface area contributed by atoms with Crippen molar-refractivity contribution in [3.63, 3.8) is 0 Å². The maximum atomic E-state index is 14.9. The lowest BCUT2D eigenvalue weighted by molar-refractivity contribution is -0.138. The van der Waals surface area contributed by atoms with Gasteiger partial charge in [0.2, 0.25) is 0 Å². The summed E-state index contributed by atoms with van der Waals surface area (Å²) in [5, 5.41) is 3.99. The van der Waals surface area contributed by atoms with E-state index in [4.69, 9.17) is 4.74 Å². The summed E-state index contributed by atoms with van der Waals surface area (Å²) in [6, 6.07) is 3.19. The summed E-state index contributed by atoms with van der Waals surface area (Å²) in [6.07, 6.45) is 4.15. The zero-order valence-electron chi connectivity index (χ0n) is 18.1. The minimum Gasteiger partial charge on any atom is -0.487 e. The number of nitrogens with one attached hydrogen (secondary N) is 2. The van der Waals surface area contributed by atoms with Gasteiger partial charge in [0.25, 0.3) is 15.9 Å². The molecular formula is C21H24F3N5O3S. The van der Waals surface area contributed by atoms with Crippen molar-refractivity contribution >= 4 is 22.1 Å². The Morgan fingerprint density at radius 3 is 2.76 bits per heavy atom. The highest BCUT2D eigenvalue weighted by molar-refractivity contribution is 7.92. The van der Waals surface area contributed by atoms with Crippen LogP contribution in [0.5, 0.6) is 5.75 Å². The lowest BCUT2D eigenvalue weighted by Gasteiger charge is -2.46. The largest absolute Gasteiger partial charge is 0.487 e. The average molecular weight is 484 g/mol. The minimum atomic E-state index is -4.29. The van der Waals surface area contributed by atoms with Crippen LogP contribution in [0.2, 0.25) is 0 Å². The number of aryl methyl sites for hydroxylation is 1. The summed E-state index contributed by atoms with van der Waals surface area (Å²) in [5.74, 6) is -4.31. The Kier molecular flexibility index (Phi) is 5.97. The molecule has 1 aromatic heterocycles. The molecule has 2 N–H and O–H groups in total. The molecule has 1 aliphatic carbocycles. The molecule has 0 amide bonds. The van der Waals surface area contributed by atoms with Gasteiger partial charge in [0.05, 0.1) is 12.5 Å². The third kappa shape index (κ3) is 4.90. The fourth-order valence-corrected chi connectivity index (χ4v) is 5.67. The van der Waals surface area contributed by atoms with Crippen molar-refractivity contribution in [2.24, 2.45) is 11.0 Å². The lowest BCUT2D eigenvalue weighted by Crippen LogP contribution is -2.55. The minimum absolute atomic E-state index is 0.0117. The second kappa shape index (κ2) is 8.47. The fraction of sp³-hybridized carbons (Fsp3) is 0.476. The summed E-state index contributed by atoms with van der Waals surface area (Å²) in [4.78, 5) is 6.86. The van der Waals surface area contributed by atoms with E-state index in [-0.39, 0.29) is 36.4 Å². The van der Waals surface area contributed by atoms with Crippen molar-refractivity contribution in [2.75, 3.05) is 4.72 Å². The van der Waals surface area contributed by atoms with E-state index in [1.54, 1.807) is 13.1 Å². The van der Waals surface area contributed by atoms with E-state index in [2.05, 4.69) is 25.2 Å². The third-order valence-electron chi connectivity index (χ3n) is 6.07. The molecule has 1 fully saturated rings. The highest BCUT2D eigenvalue weighted by atomic mass is 32.2. The number of hydrogen-bond donors (Lipinski definition) is 2. The van der Waals surface area contributed by atoms with Gasteiger partial charge >= 0.3 is 0 Å². The quantitative estimate of drug-likeness (QED) is 0.650. The van der Waals surface area contributed by atoms with Crippen LogP contribution in [0.3, 0.4) is 0 Å². The number of aromatic nitrogens is 2. The first-order chi connectivity index (χ1) is 15.5. The molecule has 4 rings (SSSR count). The predicted molar refractivity (Wildman–Crippen MR) is 115 cm³/mol. The smallest absolute Gasteiger partial charge is 0.265 e. The Labute approximate surface area is 189 Å². The molecule has 2 heterocycles. The Morgan fingerprint density at radius 2 is 2.09 bits per heavy atom. The van der Waals surface area contributed by atoms with Crippen LogP contribution < -0.4 is 14.9 Å². The van der Waals surface area contributed by atoms with Gasteiger partial charge in [-0.1, -0.05) is 0 Å². The number of ether oxygens (including phenoxy) is 1. The molecule has 33 heavy (non-hydrogen) atoms. The van der Waals surface area contributed by atoms with E-state index < -0.39 is 38.7 Å². The number of rotatable bonds is 6. The predicted octanol–water partition coefficient (Wildman–Crippen LogP) is 3.65. The Morgan fingerprint density at radius 1 is 1.30 bits per heavy atom. The first-order valence-electron chi connectivity index (χ1n) is 10.4. The topological polar surface area (TPSA) is 106 Å². The van der Waals surface area contributed by atoms with Gasteiger partial charge in [-0.25, -0.2) is 31.6 Å². The van der Waals surface area contributed by atoms with Crippen LogP contribution in [0.15, 0.2) is 40.7 Å². The SMILES string of the molecule is Cc1cc(S(=O)(=O)Nc2ccncn2)c(F)cc1O[C@]1(C)CC(F)(F)CC[C@@H]1C1CC=NN1. The number of hydrazone groups is 1. The van der Waals surface area contributed by atoms with E-state index in [0.717, 1.165) is 18.5 Å². The van der Waals surface area contributed by atoms with Crippen molar-refractivity contribution in [2.45, 2.75) is 62.0 Å². The lowest BCUT2D eigenvalue weighted by atomic mass is 9.70. The molecule has 0 radical (unpaired) electrons. The summed E-state index contributed by atoms with van der Waals surface area (Å²) >= 11 is 0. The van der Waals surface area contributed by atoms with Crippen LogP contribution in [0.1, 0.15) is 38.2 Å². The Balaban J connectivity index is 1.63. The number of nitrogens with zero attached hydrogens (tertiary/aromatic N) is 3. The van der Waals surface area contributed by atoms with Crippen molar-refractivity contribution in [1.82, 2.24) is 15.4 Å². The molecule has 1 saturated carbocycles. The van der Waals surface area contributed by atoms with Crippen LogP contribution in [0.4, 0.5) is 19.0 Å². The molecule has 3 atom stereocenters. The maximum Gasteiger partial charge on any atom is 0.265 e. The highest BCUT2D eigenvalue weighted by Crippen LogP contribution is 2.47. The number of halogens is 3. The number of alkyl halides is 2. The van der Waals surface area contributed by atoms with Gasteiger partial charge in [0, 0.05) is 37.2 Å². The molecule has 2 aliphatic rings. The maximum absolute atomic E-state index is 14.9. The van der Waals surface area contributed by atoms with E-state index in [1.807, 2.05) is 0 Å². The molecule has 1 aromatic carbocycles. The van der Waals surface area contributed by atoms with Gasteiger partial charge in [-0.05, 0) is 38.0 Å². The average Bonchev–Trinajstić information content (AvgIpc) is 3.24. The van der Waals surface area contributed by atoms with Gasteiger partial charge in [-0.3, -0.25) is 4.72 Å². The molecule has 0 bridgehead atoms. The molecular weight excluding hydrogens is 459 g/mol. The standard InChI is InChI=1S/C21H24F3N5O3S/c1-13-9-18(33(30,31)29-19-5-7-25-12-26-19)15(22)10-17(13)32-20(2)11-21(23,24)6-3-14(20)16-4-8-27-28-16/h5,7-10,12,14,16,28H,3-4,6,11H2,1-2H3,(H,25,26,29)/t14-,16?,20-/m1/s1. The second-order valence-corrected chi connectivity index (χ2v) is 10.3. The van der Waals surface area contributed by atoms with Crippen LogP contribution in [-0.4, -0.2) is 42.2 Å². The van der Waals surface area contributed by atoms with E-state index in [0.29, 0.717) is 12.0 Å². The first kappa shape index (κ1) is 23.3. The summed E-state index contributed by atoms with van der Waals surface area (Å²) in [7, 11) is -4.29. The Hall–Kier alpha value is -2.89. The molecule has 12 heteroatoms. The normalized spacial score (nSPS) is 26.6. The van der Waals surface area contributed by atoms with E-state index >= 15 is 0 Å². The second-order valence-electron chi connectivity index (χ2n) is 8.62. The van der Waals surface area contributed by atoms with Gasteiger partial charge in [0.15, 0.2) is 0 Å². The Bertz CT molecular complexity index is 1160. The van der Waals surface area contributed by atoms with E-state index in [9.17, 15) is 21.6 Å². The summed E-state index contributed by atoms with van der Waals surface area (Å²) in [6.45, 7) is 3.12. The van der Waals surface area contributed by atoms with Crippen LogP contribution in [-0.2, 0) is 10.0 Å². The summed E-state index contributed by atoms with van der Waals surface area (Å²) < 4.78 is 77.3. The van der Waals surface area contributed by atoms with Crippen LogP contribution in [0, 0.1) is 18.7 Å². The molecule has 0 spiro atoms. The van der Waals surface area contributed by atoms with E-state index in [1.165, 1.54) is 19.2 Å². The number of anilines is 1. The number of sulfonamides is 1. The monoisotopic (exact) mass is 483 g/mol. The zero-order chi connectivity index (χ0) is 23.9. The molecule has 1 aliphatic heterocycles. The van der Waals surface area contributed by atoms with Gasteiger partial charge in [0.1, 0.15) is 34.2 Å². The van der Waals surface area contributed by atoms with Gasteiger partial charge < -0.3 is 10.2 Å². The van der Waals surface area contributed by atoms with Crippen LogP contribution >= 0.6 is 0 Å². The molecule has 8 nitrogen and oxygen atoms in total. The van der Waals surface area contributed by atoms with Gasteiger partial charge in [-0.2, -0.15) is 5.10 Å². The highest BCUT2D eigenvalue weighted by Gasteiger charge is 2.53.